The van der Waals surface area contributed by atoms with E-state index in [0.717, 1.165) is 28.1 Å². The molecule has 0 N–H and O–H groups in total. The lowest BCUT2D eigenvalue weighted by Gasteiger charge is -2.20. The van der Waals surface area contributed by atoms with Gasteiger partial charge < -0.3 is 4.90 Å². The van der Waals surface area contributed by atoms with Crippen LogP contribution in [-0.2, 0) is 0 Å². The first-order valence-electron chi connectivity index (χ1n) is 4.89. The fraction of sp³-hybridized carbons (Fsp3) is 0.455. The zero-order valence-corrected chi connectivity index (χ0v) is 10.5. The van der Waals surface area contributed by atoms with E-state index in [2.05, 4.69) is 33.0 Å². The molecule has 0 unspecified atom stereocenters. The Balaban J connectivity index is 2.38. The summed E-state index contributed by atoms with van der Waals surface area (Å²) in [4.78, 5) is 2.36. The van der Waals surface area contributed by atoms with E-state index in [-0.39, 0.29) is 0 Å². The summed E-state index contributed by atoms with van der Waals surface area (Å²) in [7, 11) is 0. The van der Waals surface area contributed by atoms with Crippen LogP contribution in [-0.4, -0.2) is 13.1 Å². The molecule has 1 aromatic carbocycles. The maximum Gasteiger partial charge on any atom is 0.0679 e. The Morgan fingerprint density at radius 2 is 1.93 bits per heavy atom. The van der Waals surface area contributed by atoms with Crippen molar-refractivity contribution < 1.29 is 0 Å². The Bertz CT molecular complexity index is 345. The van der Waals surface area contributed by atoms with Crippen molar-refractivity contribution in [1.29, 1.82) is 0 Å². The molecule has 1 aliphatic rings. The van der Waals surface area contributed by atoms with Crippen LogP contribution in [0.4, 0.5) is 5.69 Å². The topological polar surface area (TPSA) is 3.24 Å². The normalized spacial score (nSPS) is 16.4. The van der Waals surface area contributed by atoms with Crippen molar-refractivity contribution in [3.63, 3.8) is 0 Å². The molecule has 1 saturated heterocycles. The molecule has 0 radical (unpaired) electrons. The lowest BCUT2D eigenvalue weighted by Crippen LogP contribution is -2.18. The van der Waals surface area contributed by atoms with Crippen LogP contribution in [0.1, 0.15) is 18.4 Å². The highest BCUT2D eigenvalue weighted by Gasteiger charge is 2.16. The van der Waals surface area contributed by atoms with E-state index in [1.54, 1.807) is 0 Å². The lowest BCUT2D eigenvalue weighted by atomic mass is 10.2. The molecule has 3 heteroatoms. The Morgan fingerprint density at radius 1 is 1.29 bits per heavy atom. The zero-order valence-electron chi connectivity index (χ0n) is 8.19. The van der Waals surface area contributed by atoms with Crippen molar-refractivity contribution in [2.75, 3.05) is 18.0 Å². The van der Waals surface area contributed by atoms with E-state index in [1.807, 2.05) is 6.92 Å². The quantitative estimate of drug-likeness (QED) is 0.748. The van der Waals surface area contributed by atoms with Gasteiger partial charge in [0.25, 0.3) is 0 Å². The molecule has 1 aliphatic heterocycles. The van der Waals surface area contributed by atoms with Crippen molar-refractivity contribution in [1.82, 2.24) is 0 Å². The highest BCUT2D eigenvalue weighted by atomic mass is 79.9. The molecule has 0 bridgehead atoms. The fourth-order valence-electron chi connectivity index (χ4n) is 1.85. The number of anilines is 1. The summed E-state index contributed by atoms with van der Waals surface area (Å²) < 4.78 is 1.09. The van der Waals surface area contributed by atoms with Gasteiger partial charge >= 0.3 is 0 Å². The molecular formula is C11H13BrClN. The van der Waals surface area contributed by atoms with Crippen LogP contribution in [0.15, 0.2) is 16.6 Å². The summed E-state index contributed by atoms with van der Waals surface area (Å²) in [5.74, 6) is 0. The smallest absolute Gasteiger partial charge is 0.0679 e. The summed E-state index contributed by atoms with van der Waals surface area (Å²) >= 11 is 9.79. The standard InChI is InChI=1S/C11H13BrClN/c1-8-9(12)4-5-10(11(8)13)14-6-2-3-7-14/h4-5H,2-3,6-7H2,1H3. The first-order valence-corrected chi connectivity index (χ1v) is 6.07. The average Bonchev–Trinajstić information content (AvgIpc) is 2.67. The molecule has 1 nitrogen and oxygen atoms in total. The van der Waals surface area contributed by atoms with Crippen molar-refractivity contribution in [3.05, 3.63) is 27.2 Å². The second-order valence-electron chi connectivity index (χ2n) is 3.70. The van der Waals surface area contributed by atoms with E-state index in [0.29, 0.717) is 0 Å². The Morgan fingerprint density at radius 3 is 2.57 bits per heavy atom. The highest BCUT2D eigenvalue weighted by molar-refractivity contribution is 9.10. The van der Waals surface area contributed by atoms with Crippen LogP contribution in [0, 0.1) is 6.92 Å². The molecule has 2 rings (SSSR count). The van der Waals surface area contributed by atoms with Crippen molar-refractivity contribution in [2.45, 2.75) is 19.8 Å². The van der Waals surface area contributed by atoms with Gasteiger partial charge in [-0.25, -0.2) is 0 Å². The predicted molar refractivity (Wildman–Crippen MR) is 65.3 cm³/mol. The summed E-state index contributed by atoms with van der Waals surface area (Å²) in [5, 5.41) is 0.890. The maximum absolute atomic E-state index is 6.31. The van der Waals surface area contributed by atoms with Gasteiger partial charge in [-0.1, -0.05) is 27.5 Å². The monoisotopic (exact) mass is 273 g/mol. The summed E-state index contributed by atoms with van der Waals surface area (Å²) in [6.07, 6.45) is 2.57. The van der Waals surface area contributed by atoms with Gasteiger partial charge in [-0.15, -0.1) is 0 Å². The molecule has 76 valence electrons. The first kappa shape index (κ1) is 10.3. The number of halogens is 2. The van der Waals surface area contributed by atoms with E-state index in [1.165, 1.54) is 18.5 Å². The van der Waals surface area contributed by atoms with Crippen LogP contribution in [0.25, 0.3) is 0 Å². The van der Waals surface area contributed by atoms with Crippen molar-refractivity contribution in [2.24, 2.45) is 0 Å². The Kier molecular flexibility index (Phi) is 3.03. The largest absolute Gasteiger partial charge is 0.370 e. The first-order chi connectivity index (χ1) is 6.70. The van der Waals surface area contributed by atoms with Crippen LogP contribution in [0.5, 0.6) is 0 Å². The third-order valence-corrected chi connectivity index (χ3v) is 4.08. The highest BCUT2D eigenvalue weighted by Crippen LogP contribution is 2.34. The van der Waals surface area contributed by atoms with Gasteiger partial charge in [0.15, 0.2) is 0 Å². The van der Waals surface area contributed by atoms with Crippen LogP contribution >= 0.6 is 27.5 Å². The van der Waals surface area contributed by atoms with E-state index < -0.39 is 0 Å². The van der Waals surface area contributed by atoms with Crippen LogP contribution in [0.2, 0.25) is 5.02 Å². The summed E-state index contributed by atoms with van der Waals surface area (Å²) in [5.41, 5.74) is 2.32. The van der Waals surface area contributed by atoms with Gasteiger partial charge in [-0.05, 0) is 37.5 Å². The lowest BCUT2D eigenvalue weighted by molar-refractivity contribution is 0.949. The molecule has 0 amide bonds. The van der Waals surface area contributed by atoms with Crippen molar-refractivity contribution in [3.8, 4) is 0 Å². The van der Waals surface area contributed by atoms with E-state index in [4.69, 9.17) is 11.6 Å². The van der Waals surface area contributed by atoms with Gasteiger partial charge in [-0.3, -0.25) is 0 Å². The minimum Gasteiger partial charge on any atom is -0.370 e. The van der Waals surface area contributed by atoms with Gasteiger partial charge in [0.2, 0.25) is 0 Å². The van der Waals surface area contributed by atoms with E-state index >= 15 is 0 Å². The second-order valence-corrected chi connectivity index (χ2v) is 4.93. The Labute approximate surface area is 98.2 Å². The molecule has 0 saturated carbocycles. The van der Waals surface area contributed by atoms with Gasteiger partial charge in [0.1, 0.15) is 0 Å². The molecular weight excluding hydrogens is 261 g/mol. The number of hydrogen-bond donors (Lipinski definition) is 0. The number of benzene rings is 1. The molecule has 1 heterocycles. The molecule has 0 atom stereocenters. The number of hydrogen-bond acceptors (Lipinski definition) is 1. The van der Waals surface area contributed by atoms with Crippen molar-refractivity contribution >= 4 is 33.2 Å². The number of rotatable bonds is 1. The zero-order chi connectivity index (χ0) is 10.1. The minimum atomic E-state index is 0.890. The molecule has 0 aromatic heterocycles. The average molecular weight is 275 g/mol. The van der Waals surface area contributed by atoms with Crippen LogP contribution in [0.3, 0.4) is 0 Å². The van der Waals surface area contributed by atoms with Gasteiger partial charge in [0.05, 0.1) is 10.7 Å². The third-order valence-electron chi connectivity index (χ3n) is 2.75. The molecule has 0 spiro atoms. The molecule has 0 aliphatic carbocycles. The molecule has 14 heavy (non-hydrogen) atoms. The van der Waals surface area contributed by atoms with Gasteiger partial charge in [-0.2, -0.15) is 0 Å². The number of nitrogens with zero attached hydrogens (tertiary/aromatic N) is 1. The molecule has 1 aromatic rings. The predicted octanol–water partition coefficient (Wildman–Crippen LogP) is 4.01. The molecule has 1 fully saturated rings. The second kappa shape index (κ2) is 4.11. The summed E-state index contributed by atoms with van der Waals surface area (Å²) in [6.45, 7) is 4.33. The Hall–Kier alpha value is -0.210. The maximum atomic E-state index is 6.31. The van der Waals surface area contributed by atoms with E-state index in [9.17, 15) is 0 Å². The SMILES string of the molecule is Cc1c(Br)ccc(N2CCCC2)c1Cl. The fourth-order valence-corrected chi connectivity index (χ4v) is 2.58. The van der Waals surface area contributed by atoms with Gasteiger partial charge in [0, 0.05) is 17.6 Å². The van der Waals surface area contributed by atoms with Crippen LogP contribution < -0.4 is 4.90 Å². The third kappa shape index (κ3) is 1.78. The minimum absolute atomic E-state index is 0.890. The summed E-state index contributed by atoms with van der Waals surface area (Å²) in [6, 6.07) is 4.18.